The molecule has 0 aliphatic carbocycles. The van der Waals surface area contributed by atoms with E-state index in [1.807, 2.05) is 6.92 Å². The number of fused-ring (bicyclic) bond motifs is 1. The van der Waals surface area contributed by atoms with Crippen LogP contribution in [0.25, 0.3) is 10.2 Å². The summed E-state index contributed by atoms with van der Waals surface area (Å²) in [6.45, 7) is 4.72. The molecule has 0 atom stereocenters. The zero-order chi connectivity index (χ0) is 23.6. The largest absolute Gasteiger partial charge is 0.494 e. The van der Waals surface area contributed by atoms with Crippen LogP contribution in [-0.4, -0.2) is 47.9 Å². The molecule has 1 saturated heterocycles. The molecule has 1 aliphatic rings. The number of rotatable bonds is 7. The molecular weight excluding hydrogens is 464 g/mol. The normalized spacial score (nSPS) is 15.0. The van der Waals surface area contributed by atoms with E-state index in [1.54, 1.807) is 31.2 Å². The molecule has 3 aromatic rings. The SMILES string of the molecule is CCOc1ccc(NC(=O)Cn2cnc3sc(C)c(S(=O)(=O)N4CCCCC4)c3c2=O)cc1. The zero-order valence-corrected chi connectivity index (χ0v) is 20.2. The number of hydrogen-bond acceptors (Lipinski definition) is 7. The Kier molecular flexibility index (Phi) is 6.82. The lowest BCUT2D eigenvalue weighted by molar-refractivity contribution is -0.116. The van der Waals surface area contributed by atoms with Gasteiger partial charge in [0.25, 0.3) is 5.56 Å². The topological polar surface area (TPSA) is 111 Å². The molecule has 9 nitrogen and oxygen atoms in total. The number of hydrogen-bond donors (Lipinski definition) is 1. The first-order chi connectivity index (χ1) is 15.8. The van der Waals surface area contributed by atoms with E-state index in [-0.39, 0.29) is 16.8 Å². The van der Waals surface area contributed by atoms with E-state index in [0.717, 1.165) is 23.8 Å². The zero-order valence-electron chi connectivity index (χ0n) is 18.5. The van der Waals surface area contributed by atoms with Crippen LogP contribution in [0.1, 0.15) is 31.1 Å². The lowest BCUT2D eigenvalue weighted by Gasteiger charge is -2.25. The van der Waals surface area contributed by atoms with Gasteiger partial charge in [0.2, 0.25) is 15.9 Å². The summed E-state index contributed by atoms with van der Waals surface area (Å²) in [4.78, 5) is 31.0. The number of sulfonamides is 1. The highest BCUT2D eigenvalue weighted by Gasteiger charge is 2.32. The number of aryl methyl sites for hydroxylation is 1. The number of thiophene rings is 1. The van der Waals surface area contributed by atoms with Gasteiger partial charge in [-0.2, -0.15) is 4.31 Å². The summed E-state index contributed by atoms with van der Waals surface area (Å²) in [6.07, 6.45) is 3.88. The summed E-state index contributed by atoms with van der Waals surface area (Å²) < 4.78 is 34.7. The number of nitrogens with zero attached hydrogens (tertiary/aromatic N) is 3. The minimum atomic E-state index is -3.82. The molecule has 0 unspecified atom stereocenters. The molecule has 0 saturated carbocycles. The Labute approximate surface area is 196 Å². The van der Waals surface area contributed by atoms with Gasteiger partial charge in [0.15, 0.2) is 0 Å². The molecule has 0 radical (unpaired) electrons. The van der Waals surface area contributed by atoms with Crippen molar-refractivity contribution in [2.24, 2.45) is 0 Å². The van der Waals surface area contributed by atoms with Crippen LogP contribution in [-0.2, 0) is 21.4 Å². The molecule has 0 bridgehead atoms. The van der Waals surface area contributed by atoms with Crippen LogP contribution in [0, 0.1) is 6.92 Å². The molecule has 176 valence electrons. The van der Waals surface area contributed by atoms with E-state index < -0.39 is 21.5 Å². The molecule has 11 heteroatoms. The highest BCUT2D eigenvalue weighted by Crippen LogP contribution is 2.33. The number of carbonyl (C=O) groups is 1. The number of anilines is 1. The monoisotopic (exact) mass is 490 g/mol. The third-order valence-corrected chi connectivity index (χ3v) is 8.69. The Hall–Kier alpha value is -2.76. The fourth-order valence-corrected chi connectivity index (χ4v) is 7.11. The summed E-state index contributed by atoms with van der Waals surface area (Å²) in [7, 11) is -3.82. The van der Waals surface area contributed by atoms with Gasteiger partial charge < -0.3 is 10.1 Å². The van der Waals surface area contributed by atoms with Crippen LogP contribution in [0.2, 0.25) is 0 Å². The first-order valence-electron chi connectivity index (χ1n) is 10.8. The lowest BCUT2D eigenvalue weighted by atomic mass is 10.2. The van der Waals surface area contributed by atoms with E-state index >= 15 is 0 Å². The number of aromatic nitrogens is 2. The van der Waals surface area contributed by atoms with Crippen molar-refractivity contribution >= 4 is 43.2 Å². The molecule has 1 N–H and O–H groups in total. The molecule has 33 heavy (non-hydrogen) atoms. The maximum absolute atomic E-state index is 13.4. The Morgan fingerprint density at radius 2 is 1.88 bits per heavy atom. The summed E-state index contributed by atoms with van der Waals surface area (Å²) in [5.74, 6) is 0.270. The van der Waals surface area contributed by atoms with Crippen molar-refractivity contribution in [2.45, 2.75) is 44.6 Å². The van der Waals surface area contributed by atoms with Crippen molar-refractivity contribution < 1.29 is 17.9 Å². The molecule has 2 aromatic heterocycles. The predicted molar refractivity (Wildman–Crippen MR) is 127 cm³/mol. The van der Waals surface area contributed by atoms with Gasteiger partial charge in [-0.25, -0.2) is 13.4 Å². The molecule has 4 rings (SSSR count). The van der Waals surface area contributed by atoms with E-state index in [2.05, 4.69) is 10.3 Å². The van der Waals surface area contributed by atoms with Crippen molar-refractivity contribution in [1.29, 1.82) is 0 Å². The minimum Gasteiger partial charge on any atom is -0.494 e. The molecule has 1 fully saturated rings. The van der Waals surface area contributed by atoms with Crippen LogP contribution in [0.4, 0.5) is 5.69 Å². The number of amides is 1. The van der Waals surface area contributed by atoms with Crippen LogP contribution >= 0.6 is 11.3 Å². The Morgan fingerprint density at radius 1 is 1.18 bits per heavy atom. The van der Waals surface area contributed by atoms with Gasteiger partial charge >= 0.3 is 0 Å². The molecular formula is C22H26N4O5S2. The quantitative estimate of drug-likeness (QED) is 0.545. The molecule has 1 aromatic carbocycles. The first kappa shape index (κ1) is 23.4. The van der Waals surface area contributed by atoms with Crippen LogP contribution in [0.15, 0.2) is 40.3 Å². The van der Waals surface area contributed by atoms with Gasteiger partial charge in [-0.1, -0.05) is 6.42 Å². The predicted octanol–water partition coefficient (Wildman–Crippen LogP) is 2.98. The molecule has 1 amide bonds. The van der Waals surface area contributed by atoms with Crippen LogP contribution in [0.3, 0.4) is 0 Å². The molecule has 3 heterocycles. The maximum atomic E-state index is 13.4. The van der Waals surface area contributed by atoms with Crippen molar-refractivity contribution in [1.82, 2.24) is 13.9 Å². The summed E-state index contributed by atoms with van der Waals surface area (Å²) in [5.41, 5.74) is 0.0204. The Bertz CT molecular complexity index is 1320. The maximum Gasteiger partial charge on any atom is 0.263 e. The smallest absolute Gasteiger partial charge is 0.263 e. The van der Waals surface area contributed by atoms with Crippen molar-refractivity contribution in [2.75, 3.05) is 25.0 Å². The van der Waals surface area contributed by atoms with E-state index in [1.165, 1.54) is 22.0 Å². The standard InChI is InChI=1S/C22H26N4O5S2/c1-3-31-17-9-7-16(8-10-17)24-18(27)13-25-14-23-21-19(22(25)28)20(15(2)32-21)33(29,30)26-11-5-4-6-12-26/h7-10,14H,3-6,11-13H2,1-2H3,(H,24,27). The lowest BCUT2D eigenvalue weighted by Crippen LogP contribution is -2.36. The van der Waals surface area contributed by atoms with E-state index in [4.69, 9.17) is 4.74 Å². The second-order valence-corrected chi connectivity index (χ2v) is 10.9. The summed E-state index contributed by atoms with van der Waals surface area (Å²) in [5, 5.41) is 2.79. The average Bonchev–Trinajstić information content (AvgIpc) is 3.15. The number of ether oxygens (including phenoxy) is 1. The van der Waals surface area contributed by atoms with E-state index in [0.29, 0.717) is 40.8 Å². The minimum absolute atomic E-state index is 0.0168. The second kappa shape index (κ2) is 9.62. The number of benzene rings is 1. The number of piperidine rings is 1. The Morgan fingerprint density at radius 3 is 2.55 bits per heavy atom. The average molecular weight is 491 g/mol. The van der Waals surface area contributed by atoms with Crippen LogP contribution in [0.5, 0.6) is 5.75 Å². The third kappa shape index (κ3) is 4.80. The summed E-state index contributed by atoms with van der Waals surface area (Å²) in [6, 6.07) is 6.90. The third-order valence-electron chi connectivity index (χ3n) is 5.48. The van der Waals surface area contributed by atoms with Crippen molar-refractivity contribution in [3.63, 3.8) is 0 Å². The van der Waals surface area contributed by atoms with Crippen molar-refractivity contribution in [3.8, 4) is 5.75 Å². The highest BCUT2D eigenvalue weighted by molar-refractivity contribution is 7.89. The Balaban J connectivity index is 1.62. The highest BCUT2D eigenvalue weighted by atomic mass is 32.2. The van der Waals surface area contributed by atoms with E-state index in [9.17, 15) is 18.0 Å². The number of nitrogens with one attached hydrogen (secondary N) is 1. The van der Waals surface area contributed by atoms with Gasteiger partial charge in [-0.3, -0.25) is 14.2 Å². The second-order valence-electron chi connectivity index (χ2n) is 7.82. The van der Waals surface area contributed by atoms with Gasteiger partial charge in [0.05, 0.1) is 18.3 Å². The fraction of sp³-hybridized carbons (Fsp3) is 0.409. The first-order valence-corrected chi connectivity index (χ1v) is 13.1. The van der Waals surface area contributed by atoms with Gasteiger partial charge in [0.1, 0.15) is 22.0 Å². The molecule has 1 aliphatic heterocycles. The van der Waals surface area contributed by atoms with Gasteiger partial charge in [0, 0.05) is 23.7 Å². The van der Waals surface area contributed by atoms with Gasteiger partial charge in [-0.05, 0) is 51.0 Å². The van der Waals surface area contributed by atoms with Crippen LogP contribution < -0.4 is 15.6 Å². The van der Waals surface area contributed by atoms with Gasteiger partial charge in [-0.15, -0.1) is 11.3 Å². The van der Waals surface area contributed by atoms with Crippen molar-refractivity contribution in [3.05, 3.63) is 45.8 Å². The fourth-order valence-electron chi connectivity index (χ4n) is 3.93. The number of carbonyl (C=O) groups excluding carboxylic acids is 1. The summed E-state index contributed by atoms with van der Waals surface area (Å²) >= 11 is 1.18. The molecule has 0 spiro atoms.